The lowest BCUT2D eigenvalue weighted by Gasteiger charge is -2.22. The average molecular weight is 672 g/mol. The zero-order chi connectivity index (χ0) is 32.9. The molecule has 1 saturated heterocycles. The van der Waals surface area contributed by atoms with Gasteiger partial charge in [-0.3, -0.25) is 4.79 Å². The molecular weight excluding hydrogens is 610 g/mol. The Morgan fingerprint density at radius 1 is 0.435 bits per heavy atom. The van der Waals surface area contributed by atoms with Gasteiger partial charge in [-0.15, -0.1) is 0 Å². The molecule has 0 aliphatic carbocycles. The van der Waals surface area contributed by atoms with E-state index in [1.165, 1.54) is 7.11 Å². The molecule has 0 unspecified atom stereocenters. The van der Waals surface area contributed by atoms with Crippen LogP contribution in [-0.2, 0) is 66.4 Å². The van der Waals surface area contributed by atoms with E-state index in [0.29, 0.717) is 158 Å². The van der Waals surface area contributed by atoms with Crippen molar-refractivity contribution in [2.24, 2.45) is 0 Å². The first-order valence-corrected chi connectivity index (χ1v) is 16.6. The quantitative estimate of drug-likeness (QED) is 0.0721. The molecule has 1 fully saturated rings. The molecule has 1 aliphatic heterocycles. The van der Waals surface area contributed by atoms with E-state index in [1.54, 1.807) is 0 Å². The van der Waals surface area contributed by atoms with Crippen molar-refractivity contribution < 1.29 is 66.4 Å². The summed E-state index contributed by atoms with van der Waals surface area (Å²) in [4.78, 5) is 10.9. The topological polar surface area (TPSA) is 149 Å². The van der Waals surface area contributed by atoms with Crippen molar-refractivity contribution in [1.82, 2.24) is 5.32 Å². The van der Waals surface area contributed by atoms with Gasteiger partial charge in [0.1, 0.15) is 0 Å². The zero-order valence-electron chi connectivity index (χ0n) is 28.1. The molecule has 0 saturated carbocycles. The maximum Gasteiger partial charge on any atom is 0.307 e. The number of hydrogen-bond donors (Lipinski definition) is 1. The van der Waals surface area contributed by atoms with Gasteiger partial charge in [0.15, 0.2) is 0 Å². The highest BCUT2D eigenvalue weighted by molar-refractivity contribution is 5.69. The number of carbonyl (C=O) groups is 1. The summed E-state index contributed by atoms with van der Waals surface area (Å²) in [5.41, 5.74) is 0. The first-order chi connectivity index (χ1) is 22.8. The Balaban J connectivity index is 1.60. The summed E-state index contributed by atoms with van der Waals surface area (Å²) in [5.74, 6) is -0.285. The van der Waals surface area contributed by atoms with Gasteiger partial charge < -0.3 is 66.9 Å². The van der Waals surface area contributed by atoms with Crippen molar-refractivity contribution in [1.29, 1.82) is 0 Å². The highest BCUT2D eigenvalue weighted by Gasteiger charge is 2.12. The maximum atomic E-state index is 10.9. The second-order valence-electron chi connectivity index (χ2n) is 9.88. The Bertz CT molecular complexity index is 616. The van der Waals surface area contributed by atoms with Gasteiger partial charge in [0.05, 0.1) is 172 Å². The number of esters is 1. The van der Waals surface area contributed by atoms with Crippen LogP contribution >= 0.6 is 0 Å². The third-order valence-electron chi connectivity index (χ3n) is 6.27. The molecule has 1 heterocycles. The lowest BCUT2D eigenvalue weighted by atomic mass is 10.1. The van der Waals surface area contributed by atoms with Crippen molar-refractivity contribution in [3.8, 4) is 0 Å². The second kappa shape index (κ2) is 36.8. The van der Waals surface area contributed by atoms with Crippen molar-refractivity contribution in [3.05, 3.63) is 0 Å². The van der Waals surface area contributed by atoms with Gasteiger partial charge in [0.2, 0.25) is 0 Å². The number of hydrogen-bond acceptors (Lipinski definition) is 15. The molecule has 0 amide bonds. The number of nitrogens with one attached hydrogen (secondary N) is 1. The predicted octanol–water partition coefficient (Wildman–Crippen LogP) is 0.501. The fraction of sp³-hybridized carbons (Fsp3) is 0.968. The third kappa shape index (κ3) is 32.9. The Hall–Kier alpha value is -1.05. The zero-order valence-corrected chi connectivity index (χ0v) is 28.1. The van der Waals surface area contributed by atoms with E-state index in [1.807, 2.05) is 0 Å². The van der Waals surface area contributed by atoms with Crippen molar-refractivity contribution >= 4 is 5.97 Å². The molecule has 46 heavy (non-hydrogen) atoms. The molecule has 0 aromatic heterocycles. The van der Waals surface area contributed by atoms with Crippen LogP contribution in [0.2, 0.25) is 0 Å². The van der Waals surface area contributed by atoms with E-state index in [-0.39, 0.29) is 12.4 Å². The minimum absolute atomic E-state index is 0.245. The number of methoxy groups -OCH3 is 1. The van der Waals surface area contributed by atoms with Gasteiger partial charge in [0, 0.05) is 0 Å². The molecule has 1 N–H and O–H groups in total. The summed E-state index contributed by atoms with van der Waals surface area (Å²) in [6.07, 6.45) is 2.77. The van der Waals surface area contributed by atoms with Gasteiger partial charge in [0.25, 0.3) is 0 Å². The summed E-state index contributed by atoms with van der Waals surface area (Å²) < 4.78 is 70.2. The first kappa shape index (κ1) is 43.0. The van der Waals surface area contributed by atoms with E-state index in [4.69, 9.17) is 56.8 Å². The Kier molecular flexibility index (Phi) is 34.4. The van der Waals surface area contributed by atoms with Crippen molar-refractivity contribution in [2.45, 2.75) is 25.4 Å². The van der Waals surface area contributed by atoms with Gasteiger partial charge >= 0.3 is 5.97 Å². The fourth-order valence-electron chi connectivity index (χ4n) is 3.79. The van der Waals surface area contributed by atoms with E-state index < -0.39 is 0 Å². The number of carbonyl (C=O) groups excluding carboxylic acids is 1. The molecule has 0 radical (unpaired) electrons. The van der Waals surface area contributed by atoms with E-state index >= 15 is 0 Å². The Labute approximate surface area is 275 Å². The highest BCUT2D eigenvalue weighted by atomic mass is 16.6. The van der Waals surface area contributed by atoms with E-state index in [2.05, 4.69) is 10.1 Å². The van der Waals surface area contributed by atoms with E-state index in [9.17, 15) is 4.79 Å². The summed E-state index contributed by atoms with van der Waals surface area (Å²) in [6, 6.07) is 0. The van der Waals surface area contributed by atoms with Crippen LogP contribution in [0.1, 0.15) is 19.3 Å². The molecule has 0 aromatic carbocycles. The van der Waals surface area contributed by atoms with Gasteiger partial charge in [-0.05, 0) is 25.9 Å². The minimum Gasteiger partial charge on any atom is -0.469 e. The van der Waals surface area contributed by atoms with Crippen LogP contribution in [0.5, 0.6) is 0 Å². The van der Waals surface area contributed by atoms with Crippen LogP contribution in [-0.4, -0.2) is 184 Å². The van der Waals surface area contributed by atoms with Crippen LogP contribution in [0.3, 0.4) is 0 Å². The van der Waals surface area contributed by atoms with Crippen molar-refractivity contribution in [3.63, 3.8) is 0 Å². The molecule has 0 bridgehead atoms. The van der Waals surface area contributed by atoms with Crippen LogP contribution in [0.25, 0.3) is 0 Å². The third-order valence-corrected chi connectivity index (χ3v) is 6.27. The maximum absolute atomic E-state index is 10.9. The molecule has 0 aromatic rings. The SMILES string of the molecule is COC(=O)CCOCCOCCOCCOCCOCCOCCOCCOCCOCCOCCOCCOC1CCNCC1. The van der Waals surface area contributed by atoms with Crippen molar-refractivity contribution in [2.75, 3.05) is 172 Å². The monoisotopic (exact) mass is 671 g/mol. The first-order valence-electron chi connectivity index (χ1n) is 16.6. The second-order valence-corrected chi connectivity index (χ2v) is 9.88. The summed E-state index contributed by atoms with van der Waals surface area (Å²) in [5, 5.41) is 3.33. The van der Waals surface area contributed by atoms with E-state index in [0.717, 1.165) is 25.9 Å². The normalized spacial score (nSPS) is 13.8. The summed E-state index contributed by atoms with van der Waals surface area (Å²) in [6.45, 7) is 13.7. The molecular formula is C31H61NO14. The standard InChI is InChI=1S/C31H61NO14/c1-34-31(33)4-7-35-8-9-36-10-11-37-12-13-38-14-15-39-16-17-40-18-19-41-20-21-42-22-23-43-24-25-44-26-27-45-28-29-46-30-2-5-32-6-3-30/h30,32H,2-29H2,1H3. The number of piperidine rings is 1. The smallest absolute Gasteiger partial charge is 0.307 e. The van der Waals surface area contributed by atoms with Crippen LogP contribution in [0.4, 0.5) is 0 Å². The number of rotatable bonds is 37. The predicted molar refractivity (Wildman–Crippen MR) is 167 cm³/mol. The average Bonchev–Trinajstić information content (AvgIpc) is 3.08. The van der Waals surface area contributed by atoms with Gasteiger partial charge in [-0.1, -0.05) is 0 Å². The molecule has 1 aliphatic rings. The van der Waals surface area contributed by atoms with Crippen LogP contribution in [0.15, 0.2) is 0 Å². The molecule has 0 spiro atoms. The molecule has 15 nitrogen and oxygen atoms in total. The number of ether oxygens (including phenoxy) is 13. The summed E-state index contributed by atoms with van der Waals surface area (Å²) in [7, 11) is 1.35. The minimum atomic E-state index is -0.285. The Morgan fingerprint density at radius 3 is 0.978 bits per heavy atom. The lowest BCUT2D eigenvalue weighted by Crippen LogP contribution is -2.33. The fourth-order valence-corrected chi connectivity index (χ4v) is 3.79. The molecule has 0 atom stereocenters. The lowest BCUT2D eigenvalue weighted by molar-refractivity contribution is -0.141. The molecule has 1 rings (SSSR count). The largest absolute Gasteiger partial charge is 0.469 e. The highest BCUT2D eigenvalue weighted by Crippen LogP contribution is 2.06. The van der Waals surface area contributed by atoms with Gasteiger partial charge in [-0.2, -0.15) is 0 Å². The summed E-state index contributed by atoms with van der Waals surface area (Å²) >= 11 is 0. The molecule has 15 heteroatoms. The molecule has 274 valence electrons. The van der Waals surface area contributed by atoms with Crippen LogP contribution < -0.4 is 5.32 Å². The van der Waals surface area contributed by atoms with Gasteiger partial charge in [-0.25, -0.2) is 0 Å². The van der Waals surface area contributed by atoms with Crippen LogP contribution in [0, 0.1) is 0 Å². The Morgan fingerprint density at radius 2 is 0.696 bits per heavy atom.